The Morgan fingerprint density at radius 2 is 1.67 bits per heavy atom. The summed E-state index contributed by atoms with van der Waals surface area (Å²) < 4.78 is 35.3. The Labute approximate surface area is 221 Å². The van der Waals surface area contributed by atoms with Crippen molar-refractivity contribution in [2.45, 2.75) is 55.5 Å². The summed E-state index contributed by atoms with van der Waals surface area (Å²) in [6, 6.07) is 16.7. The zero-order chi connectivity index (χ0) is 27.3. The molecule has 2 heterocycles. The smallest absolute Gasteiger partial charge is 0.287 e. The van der Waals surface area contributed by atoms with Crippen molar-refractivity contribution >= 4 is 22.8 Å². The summed E-state index contributed by atoms with van der Waals surface area (Å²) in [6.45, 7) is 0. The summed E-state index contributed by atoms with van der Waals surface area (Å²) in [5.74, 6) is -4.25. The van der Waals surface area contributed by atoms with Crippen molar-refractivity contribution < 1.29 is 22.8 Å². The van der Waals surface area contributed by atoms with Crippen LogP contribution in [-0.2, 0) is 4.79 Å². The number of tetrazole rings is 1. The number of aromatic nitrogens is 4. The van der Waals surface area contributed by atoms with E-state index in [0.717, 1.165) is 16.8 Å². The van der Waals surface area contributed by atoms with Crippen molar-refractivity contribution in [3.63, 3.8) is 0 Å². The van der Waals surface area contributed by atoms with E-state index in [1.54, 1.807) is 12.1 Å². The first-order valence-electron chi connectivity index (χ1n) is 12.5. The Kier molecular flexibility index (Phi) is 5.67. The lowest BCUT2D eigenvalue weighted by Gasteiger charge is -2.39. The molecule has 0 radical (unpaired) electrons. The van der Waals surface area contributed by atoms with Gasteiger partial charge in [-0.1, -0.05) is 24.3 Å². The SMILES string of the molecule is N#CC1(NC(=O)C2(NC(=O)c3cc4ccc(-c5ccc(-n6cnnn6)cc5)cc4o3)CCC(F)(F)CC2)CC1. The summed E-state index contributed by atoms with van der Waals surface area (Å²) in [5, 5.41) is 26.5. The van der Waals surface area contributed by atoms with Crippen molar-refractivity contribution in [1.29, 1.82) is 5.26 Å². The van der Waals surface area contributed by atoms with E-state index in [0.29, 0.717) is 23.8 Å². The fraction of sp³-hybridized carbons (Fsp3) is 0.333. The second kappa shape index (κ2) is 8.97. The summed E-state index contributed by atoms with van der Waals surface area (Å²) in [5.41, 5.74) is 0.455. The van der Waals surface area contributed by atoms with Gasteiger partial charge in [0.2, 0.25) is 11.8 Å². The molecule has 0 saturated heterocycles. The molecule has 12 heteroatoms. The van der Waals surface area contributed by atoms with E-state index in [4.69, 9.17) is 4.42 Å². The molecule has 4 aromatic rings. The average molecular weight is 532 g/mol. The fourth-order valence-corrected chi connectivity index (χ4v) is 4.87. The number of halogens is 2. The van der Waals surface area contributed by atoms with Crippen LogP contribution in [0.2, 0.25) is 0 Å². The van der Waals surface area contributed by atoms with Crippen LogP contribution in [-0.4, -0.2) is 49.0 Å². The predicted octanol–water partition coefficient (Wildman–Crippen LogP) is 3.93. The Morgan fingerprint density at radius 1 is 0.949 bits per heavy atom. The topological polar surface area (TPSA) is 139 Å². The molecule has 198 valence electrons. The van der Waals surface area contributed by atoms with Crippen LogP contribution in [0, 0.1) is 11.3 Å². The van der Waals surface area contributed by atoms with Gasteiger partial charge in [-0.2, -0.15) is 5.26 Å². The molecule has 0 aliphatic heterocycles. The van der Waals surface area contributed by atoms with Crippen LogP contribution >= 0.6 is 0 Å². The van der Waals surface area contributed by atoms with Gasteiger partial charge < -0.3 is 15.1 Å². The number of alkyl halides is 2. The highest BCUT2D eigenvalue weighted by molar-refractivity contribution is 6.00. The third-order valence-electron chi connectivity index (χ3n) is 7.50. The van der Waals surface area contributed by atoms with Crippen LogP contribution in [0.1, 0.15) is 49.1 Å². The molecule has 2 fully saturated rings. The number of rotatable bonds is 6. The minimum absolute atomic E-state index is 0.0397. The maximum absolute atomic E-state index is 14.0. The molecule has 10 nitrogen and oxygen atoms in total. The van der Waals surface area contributed by atoms with E-state index in [2.05, 4.69) is 32.2 Å². The number of hydrogen-bond acceptors (Lipinski definition) is 7. The molecule has 2 aliphatic carbocycles. The molecule has 2 saturated carbocycles. The first-order valence-corrected chi connectivity index (χ1v) is 12.5. The fourth-order valence-electron chi connectivity index (χ4n) is 4.87. The lowest BCUT2D eigenvalue weighted by Crippen LogP contribution is -2.62. The average Bonchev–Trinajstić information content (AvgIpc) is 3.30. The molecular weight excluding hydrogens is 508 g/mol. The first-order chi connectivity index (χ1) is 18.7. The van der Waals surface area contributed by atoms with E-state index < -0.39 is 41.7 Å². The number of furan rings is 1. The quantitative estimate of drug-likeness (QED) is 0.384. The number of nitriles is 1. The summed E-state index contributed by atoms with van der Waals surface area (Å²) in [7, 11) is 0. The largest absolute Gasteiger partial charge is 0.451 e. The summed E-state index contributed by atoms with van der Waals surface area (Å²) in [6.07, 6.45) is 0.889. The molecule has 0 bridgehead atoms. The summed E-state index contributed by atoms with van der Waals surface area (Å²) >= 11 is 0. The lowest BCUT2D eigenvalue weighted by molar-refractivity contribution is -0.133. The first kappa shape index (κ1) is 24.7. The van der Waals surface area contributed by atoms with E-state index in [1.165, 1.54) is 11.0 Å². The van der Waals surface area contributed by atoms with Crippen LogP contribution < -0.4 is 10.6 Å². The van der Waals surface area contributed by atoms with Gasteiger partial charge in [0, 0.05) is 18.2 Å². The highest BCUT2D eigenvalue weighted by Crippen LogP contribution is 2.41. The van der Waals surface area contributed by atoms with Crippen LogP contribution in [0.15, 0.2) is 59.3 Å². The van der Waals surface area contributed by atoms with Gasteiger partial charge in [-0.25, -0.2) is 13.5 Å². The molecule has 2 aromatic heterocycles. The molecule has 0 atom stereocenters. The number of nitrogens with zero attached hydrogens (tertiary/aromatic N) is 5. The number of nitrogens with one attached hydrogen (secondary N) is 2. The lowest BCUT2D eigenvalue weighted by atomic mass is 9.78. The molecule has 2 aliphatic rings. The second-order valence-electron chi connectivity index (χ2n) is 10.2. The van der Waals surface area contributed by atoms with Gasteiger partial charge >= 0.3 is 0 Å². The molecule has 0 unspecified atom stereocenters. The van der Waals surface area contributed by atoms with Crippen LogP contribution in [0.3, 0.4) is 0 Å². The molecule has 6 rings (SSSR count). The van der Waals surface area contributed by atoms with Gasteiger partial charge in [-0.05, 0) is 71.5 Å². The van der Waals surface area contributed by atoms with E-state index in [1.807, 2.05) is 36.4 Å². The number of hydrogen-bond donors (Lipinski definition) is 2. The third kappa shape index (κ3) is 4.71. The Morgan fingerprint density at radius 3 is 2.31 bits per heavy atom. The minimum Gasteiger partial charge on any atom is -0.451 e. The Balaban J connectivity index is 1.23. The molecule has 2 aromatic carbocycles. The molecule has 2 N–H and O–H groups in total. The van der Waals surface area contributed by atoms with Gasteiger partial charge in [0.05, 0.1) is 11.8 Å². The van der Waals surface area contributed by atoms with E-state index in [-0.39, 0.29) is 18.6 Å². The van der Waals surface area contributed by atoms with Crippen molar-refractivity contribution in [3.8, 4) is 22.9 Å². The molecule has 39 heavy (non-hydrogen) atoms. The zero-order valence-corrected chi connectivity index (χ0v) is 20.7. The third-order valence-corrected chi connectivity index (χ3v) is 7.50. The molecule has 2 amide bonds. The zero-order valence-electron chi connectivity index (χ0n) is 20.7. The van der Waals surface area contributed by atoms with Crippen molar-refractivity contribution in [1.82, 2.24) is 30.8 Å². The maximum Gasteiger partial charge on any atom is 0.287 e. The standard InChI is InChI=1S/C27H23F2N7O3/c28-27(29)11-9-26(10-12-27,24(38)33-25(15-30)7-8-25)32-23(37)22-14-19-2-1-18(13-21(19)39-22)17-3-5-20(6-4-17)36-16-31-34-35-36/h1-6,13-14,16H,7-12H2,(H,32,37)(H,33,38). The van der Waals surface area contributed by atoms with Gasteiger partial charge in [-0.3, -0.25) is 9.59 Å². The highest BCUT2D eigenvalue weighted by atomic mass is 19.3. The van der Waals surface area contributed by atoms with E-state index in [9.17, 15) is 23.6 Å². The summed E-state index contributed by atoms with van der Waals surface area (Å²) in [4.78, 5) is 26.5. The van der Waals surface area contributed by atoms with Gasteiger partial charge in [0.25, 0.3) is 5.91 Å². The monoisotopic (exact) mass is 531 g/mol. The highest BCUT2D eigenvalue weighted by Gasteiger charge is 2.53. The van der Waals surface area contributed by atoms with Gasteiger partial charge in [0.1, 0.15) is 23.0 Å². The molecular formula is C27H23F2N7O3. The number of carbonyl (C=O) groups is 2. The van der Waals surface area contributed by atoms with Crippen LogP contribution in [0.4, 0.5) is 8.78 Å². The minimum atomic E-state index is -2.92. The Bertz CT molecular complexity index is 1590. The van der Waals surface area contributed by atoms with Crippen molar-refractivity contribution in [3.05, 3.63) is 60.6 Å². The maximum atomic E-state index is 14.0. The number of fused-ring (bicyclic) bond motifs is 1. The van der Waals surface area contributed by atoms with Crippen LogP contribution in [0.5, 0.6) is 0 Å². The van der Waals surface area contributed by atoms with E-state index >= 15 is 0 Å². The number of benzene rings is 2. The number of amides is 2. The normalized spacial score (nSPS) is 18.7. The predicted molar refractivity (Wildman–Crippen MR) is 134 cm³/mol. The Hall–Kier alpha value is -4.66. The number of carbonyl (C=O) groups excluding carboxylic acids is 2. The van der Waals surface area contributed by atoms with Gasteiger partial charge in [0.15, 0.2) is 5.76 Å². The second-order valence-corrected chi connectivity index (χ2v) is 10.2. The van der Waals surface area contributed by atoms with Crippen molar-refractivity contribution in [2.24, 2.45) is 0 Å². The van der Waals surface area contributed by atoms with Crippen LogP contribution in [0.25, 0.3) is 27.8 Å². The van der Waals surface area contributed by atoms with Crippen molar-refractivity contribution in [2.75, 3.05) is 0 Å². The molecule has 0 spiro atoms. The van der Waals surface area contributed by atoms with Gasteiger partial charge in [-0.15, -0.1) is 5.10 Å².